The molecule has 14 heteroatoms. The Kier molecular flexibility index (Phi) is 17.0. The number of carbonyl (C=O) groups excluding carboxylic acids is 5. The Morgan fingerprint density at radius 3 is 2.40 bits per heavy atom. The molecule has 2 heterocycles. The van der Waals surface area contributed by atoms with Crippen molar-refractivity contribution in [2.45, 2.75) is 109 Å². The number of carbonyl (C=O) groups is 5. The van der Waals surface area contributed by atoms with Crippen LogP contribution in [-0.2, 0) is 42.9 Å². The van der Waals surface area contributed by atoms with Gasteiger partial charge in [0.05, 0.1) is 36.9 Å². The van der Waals surface area contributed by atoms with Gasteiger partial charge in [0.1, 0.15) is 31.6 Å². The predicted octanol–water partition coefficient (Wildman–Crippen LogP) is 0.699. The Labute approximate surface area is 282 Å². The van der Waals surface area contributed by atoms with E-state index in [2.05, 4.69) is 5.32 Å². The van der Waals surface area contributed by atoms with Gasteiger partial charge in [0.25, 0.3) is 0 Å². The van der Waals surface area contributed by atoms with E-state index in [-0.39, 0.29) is 31.8 Å². The highest BCUT2D eigenvalue weighted by molar-refractivity contribution is 5.91. The van der Waals surface area contributed by atoms with Crippen molar-refractivity contribution in [1.29, 1.82) is 0 Å². The van der Waals surface area contributed by atoms with Crippen LogP contribution in [-0.4, -0.2) is 127 Å². The summed E-state index contributed by atoms with van der Waals surface area (Å²) in [4.78, 5) is 62.8. The van der Waals surface area contributed by atoms with Gasteiger partial charge in [0.2, 0.25) is 6.41 Å². The third kappa shape index (κ3) is 11.8. The third-order valence-corrected chi connectivity index (χ3v) is 9.12. The molecular weight excluding hydrogens is 628 g/mol. The lowest BCUT2D eigenvalue weighted by Gasteiger charge is -2.46. The fraction of sp³-hybridized carbons (Fsp3) is 0.735. The largest absolute Gasteiger partial charge is 0.464 e. The van der Waals surface area contributed by atoms with Crippen molar-refractivity contribution >= 4 is 30.4 Å². The lowest BCUT2D eigenvalue weighted by molar-refractivity contribution is -0.304. The van der Waals surface area contributed by atoms with Crippen molar-refractivity contribution in [3.63, 3.8) is 0 Å². The molecule has 0 saturated carbocycles. The molecule has 0 aromatic heterocycles. The molecule has 0 bridgehead atoms. The van der Waals surface area contributed by atoms with E-state index < -0.39 is 91.0 Å². The molecule has 272 valence electrons. The number of aliphatic hydroxyl groups excluding tert-OH is 3. The second kappa shape index (κ2) is 19.9. The van der Waals surface area contributed by atoms with Gasteiger partial charge in [-0.2, -0.15) is 0 Å². The van der Waals surface area contributed by atoms with Crippen LogP contribution < -0.4 is 5.32 Å². The van der Waals surface area contributed by atoms with Crippen molar-refractivity contribution in [2.24, 2.45) is 23.7 Å². The van der Waals surface area contributed by atoms with Gasteiger partial charge in [-0.3, -0.25) is 19.2 Å². The van der Waals surface area contributed by atoms with Crippen LogP contribution in [0.15, 0.2) is 23.8 Å². The van der Waals surface area contributed by atoms with Crippen molar-refractivity contribution in [3.05, 3.63) is 23.8 Å². The molecule has 2 rings (SSSR count). The normalized spacial score (nSPS) is 37.5. The quantitative estimate of drug-likeness (QED) is 0.176. The van der Waals surface area contributed by atoms with Gasteiger partial charge in [-0.05, 0) is 52.8 Å². The molecule has 0 aliphatic carbocycles. The van der Waals surface area contributed by atoms with E-state index in [0.717, 1.165) is 0 Å². The van der Waals surface area contributed by atoms with Crippen LogP contribution in [0.5, 0.6) is 0 Å². The number of nitrogens with zero attached hydrogens (tertiary/aromatic N) is 1. The van der Waals surface area contributed by atoms with Gasteiger partial charge >= 0.3 is 11.9 Å². The van der Waals surface area contributed by atoms with Crippen LogP contribution in [0, 0.1) is 23.7 Å². The van der Waals surface area contributed by atoms with E-state index in [9.17, 15) is 39.3 Å². The van der Waals surface area contributed by atoms with Gasteiger partial charge in [0.15, 0.2) is 12.1 Å². The number of ketones is 1. The SMILES string of the molecule is CC[C@H]1OC(=O)C[C@@H](O)[C@H](C)[C@@H](O[C@H]2O[C@H](C)[C@@H](O)[C@H](N(C)C)[C@H]2O)C(CC=O)C[C@@H](C)C(=O)/C=C/C(C)=C/[C@@H]1COC(=O)CNC=O. The minimum absolute atomic E-state index is 0.0365. The number of nitrogens with one attached hydrogen (secondary N) is 1. The van der Waals surface area contributed by atoms with Crippen LogP contribution in [0.2, 0.25) is 0 Å². The minimum atomic E-state index is -1.33. The number of amides is 1. The highest BCUT2D eigenvalue weighted by atomic mass is 16.7. The number of esters is 2. The number of aldehydes is 1. The summed E-state index contributed by atoms with van der Waals surface area (Å²) in [5, 5.41) is 35.5. The second-order valence-corrected chi connectivity index (χ2v) is 13.1. The van der Waals surface area contributed by atoms with Crippen LogP contribution in [0.3, 0.4) is 0 Å². The van der Waals surface area contributed by atoms with E-state index in [1.54, 1.807) is 65.8 Å². The molecule has 4 N–H and O–H groups in total. The standard InChI is InChI=1S/C34H54N2O12/c1-8-27-24(17-45-29(42)16-35-18-38)13-19(2)9-10-25(39)20(3)14-23(11-12-37)33(21(4)26(40)15-28(41)47-27)48-34-32(44)30(36(6)7)31(43)22(5)46-34/h9-10,12-13,18,20-24,26-27,30-34,40,43-44H,8,11,14-17H2,1-7H3,(H,35,38)/b10-9+,19-13+/t20-,21+,22-,23?,24-,26-,27-,30+,31-,32-,33-,34-/m1/s1. The summed E-state index contributed by atoms with van der Waals surface area (Å²) in [5.74, 6) is -4.25. The van der Waals surface area contributed by atoms with E-state index >= 15 is 0 Å². The molecule has 0 spiro atoms. The van der Waals surface area contributed by atoms with Crippen LogP contribution in [0.1, 0.15) is 60.3 Å². The molecule has 1 unspecified atom stereocenters. The second-order valence-electron chi connectivity index (χ2n) is 13.1. The molecule has 0 aromatic carbocycles. The molecule has 1 fully saturated rings. The zero-order valence-corrected chi connectivity index (χ0v) is 29.0. The van der Waals surface area contributed by atoms with Crippen molar-refractivity contribution in [2.75, 3.05) is 27.2 Å². The Morgan fingerprint density at radius 1 is 1.10 bits per heavy atom. The summed E-state index contributed by atoms with van der Waals surface area (Å²) < 4.78 is 23.4. The Balaban J connectivity index is 2.49. The summed E-state index contributed by atoms with van der Waals surface area (Å²) in [7, 11) is 3.40. The monoisotopic (exact) mass is 682 g/mol. The molecule has 12 atom stereocenters. The summed E-state index contributed by atoms with van der Waals surface area (Å²) in [6, 6.07) is -0.744. The number of likely N-dealkylation sites (N-methyl/N-ethyl adjacent to an activating group) is 1. The molecule has 1 saturated heterocycles. The number of aliphatic hydroxyl groups is 3. The Hall–Kier alpha value is -3.01. The first kappa shape index (κ1) is 41.2. The highest BCUT2D eigenvalue weighted by Gasteiger charge is 2.47. The van der Waals surface area contributed by atoms with Crippen molar-refractivity contribution in [1.82, 2.24) is 10.2 Å². The molecule has 48 heavy (non-hydrogen) atoms. The first-order valence-corrected chi connectivity index (χ1v) is 16.5. The molecule has 0 aromatic rings. The van der Waals surface area contributed by atoms with Gasteiger partial charge in [0, 0.05) is 24.2 Å². The summed E-state index contributed by atoms with van der Waals surface area (Å²) >= 11 is 0. The summed E-state index contributed by atoms with van der Waals surface area (Å²) in [5.41, 5.74) is 0.638. The molecule has 14 nitrogen and oxygen atoms in total. The highest BCUT2D eigenvalue weighted by Crippen LogP contribution is 2.34. The minimum Gasteiger partial charge on any atom is -0.464 e. The number of cyclic esters (lactones) is 1. The Morgan fingerprint density at radius 2 is 1.79 bits per heavy atom. The zero-order valence-electron chi connectivity index (χ0n) is 29.0. The van der Waals surface area contributed by atoms with E-state index in [1.165, 1.54) is 6.08 Å². The maximum absolute atomic E-state index is 13.3. The lowest BCUT2D eigenvalue weighted by Crippen LogP contribution is -2.63. The van der Waals surface area contributed by atoms with Gasteiger partial charge in [-0.15, -0.1) is 0 Å². The molecule has 0 radical (unpaired) electrons. The third-order valence-electron chi connectivity index (χ3n) is 9.12. The van der Waals surface area contributed by atoms with Crippen LogP contribution >= 0.6 is 0 Å². The number of ether oxygens (including phenoxy) is 4. The van der Waals surface area contributed by atoms with Gasteiger partial charge in [-0.25, -0.2) is 0 Å². The maximum atomic E-state index is 13.3. The number of hydrogen-bond donors (Lipinski definition) is 4. The summed E-state index contributed by atoms with van der Waals surface area (Å²) in [6.07, 6.45) is -1.51. The first-order valence-electron chi connectivity index (χ1n) is 16.5. The fourth-order valence-electron chi connectivity index (χ4n) is 6.28. The number of allylic oxidation sites excluding steroid dienone is 3. The number of hydrogen-bond acceptors (Lipinski definition) is 13. The predicted molar refractivity (Wildman–Crippen MR) is 173 cm³/mol. The zero-order chi connectivity index (χ0) is 36.1. The molecule has 2 aliphatic heterocycles. The first-order chi connectivity index (χ1) is 22.6. The number of rotatable bonds is 11. The average molecular weight is 683 g/mol. The maximum Gasteiger partial charge on any atom is 0.325 e. The smallest absolute Gasteiger partial charge is 0.325 e. The lowest BCUT2D eigenvalue weighted by atomic mass is 9.79. The van der Waals surface area contributed by atoms with Gasteiger partial charge in [-0.1, -0.05) is 38.5 Å². The van der Waals surface area contributed by atoms with Crippen molar-refractivity contribution < 1.29 is 58.2 Å². The fourth-order valence-corrected chi connectivity index (χ4v) is 6.28. The van der Waals surface area contributed by atoms with Crippen LogP contribution in [0.4, 0.5) is 0 Å². The van der Waals surface area contributed by atoms with Crippen LogP contribution in [0.25, 0.3) is 0 Å². The van der Waals surface area contributed by atoms with E-state index in [1.807, 2.05) is 0 Å². The average Bonchev–Trinajstić information content (AvgIpc) is 3.03. The van der Waals surface area contributed by atoms with E-state index in [4.69, 9.17) is 18.9 Å². The van der Waals surface area contributed by atoms with E-state index in [0.29, 0.717) is 24.7 Å². The molecule has 1 amide bonds. The van der Waals surface area contributed by atoms with Crippen molar-refractivity contribution in [3.8, 4) is 0 Å². The Bertz CT molecular complexity index is 1140. The molecule has 2 aliphatic rings. The molecular formula is C34H54N2O12. The van der Waals surface area contributed by atoms with Gasteiger partial charge < -0.3 is 49.3 Å². The topological polar surface area (TPSA) is 198 Å². The summed E-state index contributed by atoms with van der Waals surface area (Å²) in [6.45, 7) is 8.03.